The topological polar surface area (TPSA) is 28.7 Å². The van der Waals surface area contributed by atoms with Crippen LogP contribution in [-0.4, -0.2) is 24.9 Å². The van der Waals surface area contributed by atoms with Gasteiger partial charge in [-0.2, -0.15) is 0 Å². The molecule has 0 saturated heterocycles. The van der Waals surface area contributed by atoms with Crippen LogP contribution in [0.25, 0.3) is 11.0 Å². The Hall–Kier alpha value is -1.57. The van der Waals surface area contributed by atoms with Gasteiger partial charge in [-0.05, 0) is 0 Å². The van der Waals surface area contributed by atoms with Crippen molar-refractivity contribution in [1.82, 2.24) is 9.97 Å². The summed E-state index contributed by atoms with van der Waals surface area (Å²) in [5.41, 5.74) is 2.19. The number of benzene rings is 2. The summed E-state index contributed by atoms with van der Waals surface area (Å²) in [5.74, 6) is 1.09. The molecule has 3 rings (SSSR count). The average molecular weight is 287 g/mol. The molecule has 0 aliphatic rings. The fourth-order valence-corrected chi connectivity index (χ4v) is 3.40. The number of fused-ring (bicyclic) bond motifs is 1. The summed E-state index contributed by atoms with van der Waals surface area (Å²) in [6.45, 7) is 0. The zero-order valence-electron chi connectivity index (χ0n) is 9.26. The second kappa shape index (κ2) is 4.74. The molecule has 0 fully saturated rings. The molecule has 0 saturated carbocycles. The third-order valence-corrected chi connectivity index (χ3v) is 4.70. The zero-order chi connectivity index (χ0) is 11.5. The van der Waals surface area contributed by atoms with Crippen LogP contribution in [0.3, 0.4) is 0 Å². The van der Waals surface area contributed by atoms with Gasteiger partial charge in [0.1, 0.15) is 0 Å². The molecular formula is C14H12N2Se. The van der Waals surface area contributed by atoms with Gasteiger partial charge in [-0.25, -0.2) is 0 Å². The molecule has 0 aliphatic heterocycles. The van der Waals surface area contributed by atoms with Crippen molar-refractivity contribution in [2.24, 2.45) is 0 Å². The molecule has 0 amide bonds. The van der Waals surface area contributed by atoms with Crippen LogP contribution in [0.5, 0.6) is 0 Å². The van der Waals surface area contributed by atoms with E-state index in [0.29, 0.717) is 15.0 Å². The van der Waals surface area contributed by atoms with Gasteiger partial charge in [0.2, 0.25) is 0 Å². The molecule has 3 aromatic rings. The van der Waals surface area contributed by atoms with E-state index < -0.39 is 0 Å². The third kappa shape index (κ3) is 2.41. The van der Waals surface area contributed by atoms with E-state index in [9.17, 15) is 0 Å². The van der Waals surface area contributed by atoms with Crippen LogP contribution in [0, 0.1) is 0 Å². The van der Waals surface area contributed by atoms with E-state index in [2.05, 4.69) is 46.4 Å². The molecule has 84 valence electrons. The normalized spacial score (nSPS) is 10.8. The summed E-state index contributed by atoms with van der Waals surface area (Å²) in [7, 11) is 0. The minimum atomic E-state index is 0.454. The van der Waals surface area contributed by atoms with Gasteiger partial charge in [-0.1, -0.05) is 0 Å². The molecule has 0 atom stereocenters. The van der Waals surface area contributed by atoms with Crippen molar-refractivity contribution in [2.45, 2.75) is 5.32 Å². The Morgan fingerprint density at radius 1 is 0.941 bits per heavy atom. The van der Waals surface area contributed by atoms with Crippen LogP contribution in [0.4, 0.5) is 0 Å². The quantitative estimate of drug-likeness (QED) is 0.734. The van der Waals surface area contributed by atoms with Crippen LogP contribution < -0.4 is 4.46 Å². The number of nitrogens with one attached hydrogen (secondary N) is 1. The molecule has 3 heteroatoms. The fourth-order valence-electron chi connectivity index (χ4n) is 1.74. The minimum absolute atomic E-state index is 0.454. The van der Waals surface area contributed by atoms with Gasteiger partial charge >= 0.3 is 106 Å². The van der Waals surface area contributed by atoms with E-state index in [0.717, 1.165) is 22.2 Å². The number of para-hydroxylation sites is 2. The van der Waals surface area contributed by atoms with E-state index >= 15 is 0 Å². The summed E-state index contributed by atoms with van der Waals surface area (Å²) < 4.78 is 1.42. The standard InChI is InChI=1S/C14H12N2Se/c1-2-6-11(7-3-1)17-10-14-15-12-8-4-5-9-13(12)16-14/h1-9H,10H2,(H,15,16). The number of hydrogen-bond acceptors (Lipinski definition) is 1. The molecule has 0 radical (unpaired) electrons. The van der Waals surface area contributed by atoms with Gasteiger partial charge in [-0.3, -0.25) is 0 Å². The average Bonchev–Trinajstić information content (AvgIpc) is 2.80. The molecule has 1 N–H and O–H groups in total. The molecule has 0 aliphatic carbocycles. The van der Waals surface area contributed by atoms with Gasteiger partial charge < -0.3 is 0 Å². The predicted molar refractivity (Wildman–Crippen MR) is 71.6 cm³/mol. The van der Waals surface area contributed by atoms with Crippen molar-refractivity contribution in [3.05, 3.63) is 60.4 Å². The van der Waals surface area contributed by atoms with Crippen molar-refractivity contribution >= 4 is 30.5 Å². The van der Waals surface area contributed by atoms with Crippen LogP contribution >= 0.6 is 0 Å². The summed E-state index contributed by atoms with van der Waals surface area (Å²) >= 11 is 0.454. The van der Waals surface area contributed by atoms with Gasteiger partial charge in [0.25, 0.3) is 0 Å². The van der Waals surface area contributed by atoms with E-state index in [1.165, 1.54) is 4.46 Å². The monoisotopic (exact) mass is 288 g/mol. The fraction of sp³-hybridized carbons (Fsp3) is 0.0714. The van der Waals surface area contributed by atoms with Crippen molar-refractivity contribution in [3.8, 4) is 0 Å². The number of H-pyrrole nitrogens is 1. The summed E-state index contributed by atoms with van der Waals surface area (Å²) in [6, 6.07) is 18.8. The van der Waals surface area contributed by atoms with E-state index in [1.807, 2.05) is 18.2 Å². The molecule has 17 heavy (non-hydrogen) atoms. The van der Waals surface area contributed by atoms with Crippen molar-refractivity contribution in [2.75, 3.05) is 0 Å². The molecule has 2 aromatic carbocycles. The van der Waals surface area contributed by atoms with Crippen LogP contribution in [0.1, 0.15) is 5.82 Å². The zero-order valence-corrected chi connectivity index (χ0v) is 11.0. The predicted octanol–water partition coefficient (Wildman–Crippen LogP) is 2.09. The SMILES string of the molecule is c1ccc([Se]Cc2nc3ccccc3[nH]2)cc1. The second-order valence-corrected chi connectivity index (χ2v) is 6.00. The number of imidazole rings is 1. The Morgan fingerprint density at radius 3 is 2.53 bits per heavy atom. The van der Waals surface area contributed by atoms with Crippen LogP contribution in [-0.2, 0) is 5.32 Å². The Balaban J connectivity index is 1.77. The van der Waals surface area contributed by atoms with Crippen molar-refractivity contribution in [1.29, 1.82) is 0 Å². The van der Waals surface area contributed by atoms with Crippen LogP contribution in [0.15, 0.2) is 54.6 Å². The summed E-state index contributed by atoms with van der Waals surface area (Å²) in [4.78, 5) is 7.96. The number of aromatic nitrogens is 2. The maximum absolute atomic E-state index is 4.59. The van der Waals surface area contributed by atoms with Gasteiger partial charge in [0.15, 0.2) is 0 Å². The molecule has 0 spiro atoms. The van der Waals surface area contributed by atoms with Gasteiger partial charge in [0, 0.05) is 0 Å². The maximum atomic E-state index is 4.59. The first-order valence-corrected chi connectivity index (χ1v) is 7.60. The van der Waals surface area contributed by atoms with Crippen LogP contribution in [0.2, 0.25) is 0 Å². The van der Waals surface area contributed by atoms with Crippen molar-refractivity contribution in [3.63, 3.8) is 0 Å². The number of aromatic amines is 1. The Labute approximate surface area is 106 Å². The van der Waals surface area contributed by atoms with E-state index in [-0.39, 0.29) is 0 Å². The molecule has 1 heterocycles. The summed E-state index contributed by atoms with van der Waals surface area (Å²) in [5, 5.41) is 1.02. The second-order valence-electron chi connectivity index (χ2n) is 3.80. The van der Waals surface area contributed by atoms with E-state index in [1.54, 1.807) is 0 Å². The first-order chi connectivity index (χ1) is 8.42. The number of rotatable bonds is 3. The molecule has 1 aromatic heterocycles. The van der Waals surface area contributed by atoms with Gasteiger partial charge in [-0.15, -0.1) is 0 Å². The van der Waals surface area contributed by atoms with Gasteiger partial charge in [0.05, 0.1) is 0 Å². The number of hydrogen-bond donors (Lipinski definition) is 1. The molecule has 2 nitrogen and oxygen atoms in total. The molecule has 0 unspecified atom stereocenters. The Morgan fingerprint density at radius 2 is 1.71 bits per heavy atom. The Kier molecular flexibility index (Phi) is 2.95. The van der Waals surface area contributed by atoms with Crippen molar-refractivity contribution < 1.29 is 0 Å². The van der Waals surface area contributed by atoms with E-state index in [4.69, 9.17) is 0 Å². The first kappa shape index (κ1) is 10.6. The first-order valence-electron chi connectivity index (χ1n) is 5.53. The Bertz CT molecular complexity index is 583. The molecule has 0 bridgehead atoms. The summed E-state index contributed by atoms with van der Waals surface area (Å²) in [6.07, 6.45) is 0. The molecular weight excluding hydrogens is 275 g/mol. The number of nitrogens with zero attached hydrogens (tertiary/aromatic N) is 1. The third-order valence-electron chi connectivity index (χ3n) is 2.56.